The molecule has 0 aromatic heterocycles. The van der Waals surface area contributed by atoms with Crippen molar-refractivity contribution in [1.82, 2.24) is 4.90 Å². The number of fused-ring (bicyclic) bond motifs is 1. The highest BCUT2D eigenvalue weighted by Crippen LogP contribution is 2.23. The van der Waals surface area contributed by atoms with Crippen molar-refractivity contribution in [3.05, 3.63) is 41.2 Å². The van der Waals surface area contributed by atoms with Crippen LogP contribution < -0.4 is 10.5 Å². The Kier molecular flexibility index (Phi) is 4.16. The summed E-state index contributed by atoms with van der Waals surface area (Å²) in [5.41, 5.74) is 7.43. The number of benzene rings is 1. The second-order valence-electron chi connectivity index (χ2n) is 4.56. The molecule has 1 aromatic rings. The third-order valence-electron chi connectivity index (χ3n) is 3.21. The van der Waals surface area contributed by atoms with Crippen LogP contribution in [-0.4, -0.2) is 37.6 Å². The minimum atomic E-state index is 0.0269. The van der Waals surface area contributed by atoms with Gasteiger partial charge in [-0.05, 0) is 30.2 Å². The van der Waals surface area contributed by atoms with E-state index in [1.54, 1.807) is 24.1 Å². The Balaban J connectivity index is 2.12. The standard InChI is InChI=1S/C14H17FN2O2/c1-17-5-4-11-6-12(2-3-13(11)14(17)18)19-9-10(7-15)8-16/h2-3,6-7H,4-5,8-9,16H2,1H3/b10-7-. The lowest BCUT2D eigenvalue weighted by molar-refractivity contribution is 0.0781. The minimum absolute atomic E-state index is 0.0269. The summed E-state index contributed by atoms with van der Waals surface area (Å²) in [5.74, 6) is 0.656. The molecule has 0 fully saturated rings. The van der Waals surface area contributed by atoms with Gasteiger partial charge in [-0.25, -0.2) is 4.39 Å². The molecule has 0 saturated heterocycles. The zero-order valence-electron chi connectivity index (χ0n) is 10.9. The van der Waals surface area contributed by atoms with Crippen LogP contribution in [0.2, 0.25) is 0 Å². The molecule has 1 aliphatic rings. The normalized spacial score (nSPS) is 15.4. The fraction of sp³-hybridized carbons (Fsp3) is 0.357. The quantitative estimate of drug-likeness (QED) is 0.896. The monoisotopic (exact) mass is 264 g/mol. The third kappa shape index (κ3) is 2.93. The highest BCUT2D eigenvalue weighted by Gasteiger charge is 2.21. The second-order valence-corrected chi connectivity index (χ2v) is 4.56. The van der Waals surface area contributed by atoms with Crippen LogP contribution in [-0.2, 0) is 6.42 Å². The number of amides is 1. The van der Waals surface area contributed by atoms with E-state index in [9.17, 15) is 9.18 Å². The molecule has 0 radical (unpaired) electrons. The smallest absolute Gasteiger partial charge is 0.253 e. The fourth-order valence-corrected chi connectivity index (χ4v) is 1.98. The predicted molar refractivity (Wildman–Crippen MR) is 70.8 cm³/mol. The molecule has 2 N–H and O–H groups in total. The van der Waals surface area contributed by atoms with Crippen LogP contribution in [0.15, 0.2) is 30.1 Å². The zero-order valence-corrected chi connectivity index (χ0v) is 10.9. The Labute approximate surface area is 111 Å². The number of hydrogen-bond acceptors (Lipinski definition) is 3. The van der Waals surface area contributed by atoms with Crippen molar-refractivity contribution in [3.63, 3.8) is 0 Å². The lowest BCUT2D eigenvalue weighted by atomic mass is 9.99. The summed E-state index contributed by atoms with van der Waals surface area (Å²) in [6.07, 6.45) is 1.27. The molecule has 1 amide bonds. The van der Waals surface area contributed by atoms with Crippen molar-refractivity contribution in [1.29, 1.82) is 0 Å². The van der Waals surface area contributed by atoms with Crippen LogP contribution in [0.5, 0.6) is 5.75 Å². The number of carbonyl (C=O) groups excluding carboxylic acids is 1. The average molecular weight is 264 g/mol. The number of likely N-dealkylation sites (N-methyl/N-ethyl adjacent to an activating group) is 1. The van der Waals surface area contributed by atoms with Crippen LogP contribution in [0.4, 0.5) is 4.39 Å². The minimum Gasteiger partial charge on any atom is -0.489 e. The number of nitrogens with zero attached hydrogens (tertiary/aromatic N) is 1. The first-order valence-electron chi connectivity index (χ1n) is 6.15. The van der Waals surface area contributed by atoms with Crippen molar-refractivity contribution in [2.75, 3.05) is 26.7 Å². The van der Waals surface area contributed by atoms with Crippen molar-refractivity contribution in [2.24, 2.45) is 5.73 Å². The van der Waals surface area contributed by atoms with E-state index >= 15 is 0 Å². The van der Waals surface area contributed by atoms with Crippen LogP contribution in [0.25, 0.3) is 0 Å². The van der Waals surface area contributed by atoms with E-state index in [1.165, 1.54) is 0 Å². The van der Waals surface area contributed by atoms with Gasteiger partial charge in [0.05, 0.1) is 6.33 Å². The Bertz CT molecular complexity index is 514. The molecule has 0 saturated carbocycles. The van der Waals surface area contributed by atoms with E-state index < -0.39 is 0 Å². The third-order valence-corrected chi connectivity index (χ3v) is 3.21. The van der Waals surface area contributed by atoms with Crippen LogP contribution in [0.1, 0.15) is 15.9 Å². The number of nitrogens with two attached hydrogens (primary N) is 1. The Morgan fingerprint density at radius 2 is 2.37 bits per heavy atom. The van der Waals surface area contributed by atoms with Crippen LogP contribution >= 0.6 is 0 Å². The number of carbonyl (C=O) groups is 1. The number of rotatable bonds is 4. The SMILES string of the molecule is CN1CCc2cc(OC/C(=C\F)CN)ccc2C1=O. The molecule has 1 aromatic carbocycles. The van der Waals surface area contributed by atoms with Gasteiger partial charge in [0, 0.05) is 31.3 Å². The summed E-state index contributed by atoms with van der Waals surface area (Å²) < 4.78 is 17.8. The van der Waals surface area contributed by atoms with Crippen molar-refractivity contribution in [2.45, 2.75) is 6.42 Å². The van der Waals surface area contributed by atoms with Gasteiger partial charge in [0.15, 0.2) is 0 Å². The van der Waals surface area contributed by atoms with Gasteiger partial charge in [0.25, 0.3) is 5.91 Å². The molecule has 102 valence electrons. The first-order chi connectivity index (χ1) is 9.15. The Hall–Kier alpha value is -1.88. The van der Waals surface area contributed by atoms with Gasteiger partial charge in [-0.3, -0.25) is 4.79 Å². The Morgan fingerprint density at radius 1 is 1.58 bits per heavy atom. The molecule has 0 bridgehead atoms. The van der Waals surface area contributed by atoms with Crippen molar-refractivity contribution < 1.29 is 13.9 Å². The lowest BCUT2D eigenvalue weighted by Crippen LogP contribution is -2.34. The molecule has 0 unspecified atom stereocenters. The fourth-order valence-electron chi connectivity index (χ4n) is 1.98. The summed E-state index contributed by atoms with van der Waals surface area (Å²) in [5, 5.41) is 0. The van der Waals surface area contributed by atoms with Gasteiger partial charge in [-0.2, -0.15) is 0 Å². The number of ether oxygens (including phenoxy) is 1. The van der Waals surface area contributed by atoms with E-state index in [2.05, 4.69) is 0 Å². The topological polar surface area (TPSA) is 55.6 Å². The van der Waals surface area contributed by atoms with E-state index in [1.807, 2.05) is 6.07 Å². The molecule has 1 aliphatic heterocycles. The Morgan fingerprint density at radius 3 is 3.05 bits per heavy atom. The van der Waals surface area contributed by atoms with Crippen LogP contribution in [0.3, 0.4) is 0 Å². The number of halogens is 1. The predicted octanol–water partition coefficient (Wildman–Crippen LogP) is 1.51. The average Bonchev–Trinajstić information content (AvgIpc) is 2.44. The summed E-state index contributed by atoms with van der Waals surface area (Å²) in [6.45, 7) is 0.956. The molecule has 5 heteroatoms. The zero-order chi connectivity index (χ0) is 13.8. The van der Waals surface area contributed by atoms with E-state index in [-0.39, 0.29) is 19.1 Å². The van der Waals surface area contributed by atoms with Gasteiger partial charge >= 0.3 is 0 Å². The largest absolute Gasteiger partial charge is 0.489 e. The molecular weight excluding hydrogens is 247 g/mol. The maximum absolute atomic E-state index is 12.4. The van der Waals surface area contributed by atoms with E-state index in [4.69, 9.17) is 10.5 Å². The molecule has 0 aliphatic carbocycles. The molecule has 19 heavy (non-hydrogen) atoms. The molecule has 1 heterocycles. The molecular formula is C14H17FN2O2. The summed E-state index contributed by atoms with van der Waals surface area (Å²) in [4.78, 5) is 13.6. The lowest BCUT2D eigenvalue weighted by Gasteiger charge is -2.25. The van der Waals surface area contributed by atoms with Crippen LogP contribution in [0, 0.1) is 0 Å². The van der Waals surface area contributed by atoms with Gasteiger partial charge < -0.3 is 15.4 Å². The molecule has 2 rings (SSSR count). The van der Waals surface area contributed by atoms with Gasteiger partial charge in [-0.15, -0.1) is 0 Å². The van der Waals surface area contributed by atoms with Crippen molar-refractivity contribution >= 4 is 5.91 Å². The maximum Gasteiger partial charge on any atom is 0.253 e. The van der Waals surface area contributed by atoms with E-state index in [0.717, 1.165) is 12.0 Å². The first-order valence-corrected chi connectivity index (χ1v) is 6.15. The highest BCUT2D eigenvalue weighted by atomic mass is 19.1. The van der Waals surface area contributed by atoms with Gasteiger partial charge in [0.2, 0.25) is 0 Å². The van der Waals surface area contributed by atoms with Gasteiger partial charge in [-0.1, -0.05) is 0 Å². The molecule has 4 nitrogen and oxygen atoms in total. The maximum atomic E-state index is 12.4. The summed E-state index contributed by atoms with van der Waals surface area (Å²) in [6, 6.07) is 5.32. The highest BCUT2D eigenvalue weighted by molar-refractivity contribution is 5.96. The molecule has 0 atom stereocenters. The van der Waals surface area contributed by atoms with E-state index in [0.29, 0.717) is 29.8 Å². The summed E-state index contributed by atoms with van der Waals surface area (Å²) >= 11 is 0. The first kappa shape index (κ1) is 13.5. The number of hydrogen-bond donors (Lipinski definition) is 1. The van der Waals surface area contributed by atoms with Gasteiger partial charge in [0.1, 0.15) is 12.4 Å². The van der Waals surface area contributed by atoms with Crippen molar-refractivity contribution in [3.8, 4) is 5.75 Å². The summed E-state index contributed by atoms with van der Waals surface area (Å²) in [7, 11) is 1.79. The second kappa shape index (κ2) is 5.84. The molecule has 0 spiro atoms.